The lowest BCUT2D eigenvalue weighted by Crippen LogP contribution is -2.37. The molecule has 0 aliphatic carbocycles. The maximum Gasteiger partial charge on any atom is 0.189 e. The minimum absolute atomic E-state index is 0.572. The van der Waals surface area contributed by atoms with Crippen LogP contribution in [-0.2, 0) is 0 Å². The van der Waals surface area contributed by atoms with Crippen LogP contribution in [0.3, 0.4) is 0 Å². The Balaban J connectivity index is 4.21. The zero-order chi connectivity index (χ0) is 11.9. The Hall–Kier alpha value is -0.333. The lowest BCUT2D eigenvalue weighted by Gasteiger charge is -2.28. The zero-order valence-electron chi connectivity index (χ0n) is 10.6. The molecule has 0 radical (unpaired) electrons. The molecule has 2 nitrogen and oxygen atoms in total. The number of unbranched alkanes of at least 4 members (excludes halogenated alkanes) is 1. The second kappa shape index (κ2) is 7.03. The van der Waals surface area contributed by atoms with E-state index in [2.05, 4.69) is 33.8 Å². The predicted octanol–water partition coefficient (Wildman–Crippen LogP) is 3.54. The van der Waals surface area contributed by atoms with Gasteiger partial charge in [-0.05, 0) is 36.4 Å². The van der Waals surface area contributed by atoms with Crippen molar-refractivity contribution in [3.63, 3.8) is 0 Å². The van der Waals surface area contributed by atoms with Crippen LogP contribution in [0, 0.1) is 23.2 Å². The first kappa shape index (κ1) is 14.7. The summed E-state index contributed by atoms with van der Waals surface area (Å²) in [7, 11) is -2.06. The van der Waals surface area contributed by atoms with Crippen LogP contribution >= 0.6 is 0 Å². The summed E-state index contributed by atoms with van der Waals surface area (Å²) in [5, 5.41) is 8.51. The number of nitrogens with zero attached hydrogens (tertiary/aromatic N) is 1. The third kappa shape index (κ3) is 7.58. The molecule has 15 heavy (non-hydrogen) atoms. The van der Waals surface area contributed by atoms with Crippen LogP contribution in [0.1, 0.15) is 40.5 Å². The van der Waals surface area contributed by atoms with E-state index in [1.54, 1.807) is 0 Å². The van der Waals surface area contributed by atoms with Gasteiger partial charge < -0.3 is 4.80 Å². The fourth-order valence-corrected chi connectivity index (χ4v) is 6.75. The van der Waals surface area contributed by atoms with E-state index in [-0.39, 0.29) is 0 Å². The van der Waals surface area contributed by atoms with Gasteiger partial charge in [0.25, 0.3) is 0 Å². The quantitative estimate of drug-likeness (QED) is 0.534. The normalized spacial score (nSPS) is 12.1. The van der Waals surface area contributed by atoms with Gasteiger partial charge in [-0.3, -0.25) is 0 Å². The van der Waals surface area contributed by atoms with Crippen LogP contribution in [0.5, 0.6) is 0 Å². The highest BCUT2D eigenvalue weighted by Crippen LogP contribution is 2.28. The second-order valence-electron chi connectivity index (χ2n) is 5.43. The van der Waals surface area contributed by atoms with Crippen molar-refractivity contribution < 1.29 is 4.80 Å². The summed E-state index contributed by atoms with van der Waals surface area (Å²) in [4.78, 5) is 10.6. The molecule has 1 N–H and O–H groups in total. The average Bonchev–Trinajstić information content (AvgIpc) is 2.00. The molecule has 0 aromatic heterocycles. The van der Waals surface area contributed by atoms with E-state index in [0.29, 0.717) is 18.3 Å². The first-order chi connectivity index (χ1) is 6.89. The lowest BCUT2D eigenvalue weighted by atomic mass is 10.3. The summed E-state index contributed by atoms with van der Waals surface area (Å²) >= 11 is 0. The van der Waals surface area contributed by atoms with Gasteiger partial charge in [-0.2, -0.15) is 5.26 Å². The fraction of sp³-hybridized carbons (Fsp3) is 0.917. The van der Waals surface area contributed by atoms with Gasteiger partial charge in [0.1, 0.15) is 0 Å². The SMILES string of the molecule is CC(C)C[Si](O)(CCCC#N)CC(C)C. The number of hydrogen-bond donors (Lipinski definition) is 1. The van der Waals surface area contributed by atoms with Crippen molar-refractivity contribution in [2.75, 3.05) is 0 Å². The summed E-state index contributed by atoms with van der Waals surface area (Å²) in [6.07, 6.45) is 1.46. The van der Waals surface area contributed by atoms with Gasteiger partial charge >= 0.3 is 0 Å². The van der Waals surface area contributed by atoms with Gasteiger partial charge in [-0.25, -0.2) is 0 Å². The topological polar surface area (TPSA) is 44.0 Å². The number of rotatable bonds is 7. The van der Waals surface area contributed by atoms with Crippen LogP contribution in [0.4, 0.5) is 0 Å². The van der Waals surface area contributed by atoms with Crippen LogP contribution in [0.15, 0.2) is 0 Å². The molecule has 0 aliphatic heterocycles. The van der Waals surface area contributed by atoms with E-state index in [1.807, 2.05) is 0 Å². The average molecular weight is 227 g/mol. The third-order valence-corrected chi connectivity index (χ3v) is 6.94. The Morgan fingerprint density at radius 3 is 1.93 bits per heavy atom. The summed E-state index contributed by atoms with van der Waals surface area (Å²) in [6, 6.07) is 5.02. The lowest BCUT2D eigenvalue weighted by molar-refractivity contribution is 0.482. The van der Waals surface area contributed by atoms with E-state index in [1.165, 1.54) is 0 Å². The van der Waals surface area contributed by atoms with E-state index in [9.17, 15) is 4.80 Å². The van der Waals surface area contributed by atoms with E-state index < -0.39 is 8.32 Å². The van der Waals surface area contributed by atoms with E-state index in [4.69, 9.17) is 5.26 Å². The second-order valence-corrected chi connectivity index (χ2v) is 9.20. The van der Waals surface area contributed by atoms with Crippen molar-refractivity contribution in [3.05, 3.63) is 0 Å². The van der Waals surface area contributed by atoms with Gasteiger partial charge in [0.2, 0.25) is 0 Å². The molecule has 0 amide bonds. The molecule has 0 saturated heterocycles. The Kier molecular flexibility index (Phi) is 6.87. The molecule has 88 valence electrons. The first-order valence-electron chi connectivity index (χ1n) is 5.99. The van der Waals surface area contributed by atoms with Crippen molar-refractivity contribution in [3.8, 4) is 6.07 Å². The van der Waals surface area contributed by atoms with Gasteiger partial charge in [0, 0.05) is 6.42 Å². The molecule has 0 aliphatic rings. The molecule has 3 heteroatoms. The third-order valence-electron chi connectivity index (χ3n) is 2.51. The Bertz CT molecular complexity index is 198. The Labute approximate surface area is 95.4 Å². The summed E-state index contributed by atoms with van der Waals surface area (Å²) in [5.41, 5.74) is 0. The molecule has 0 heterocycles. The summed E-state index contributed by atoms with van der Waals surface area (Å²) in [6.45, 7) is 8.68. The molecular formula is C12H25NOSi. The van der Waals surface area contributed by atoms with Crippen molar-refractivity contribution in [1.82, 2.24) is 0 Å². The standard InChI is InChI=1S/C12H25NOSi/c1-11(2)9-15(14,10-12(3)4)8-6-5-7-13/h11-12,14H,5-6,8-10H2,1-4H3. The maximum atomic E-state index is 10.6. The van der Waals surface area contributed by atoms with E-state index >= 15 is 0 Å². The predicted molar refractivity (Wildman–Crippen MR) is 66.9 cm³/mol. The monoisotopic (exact) mass is 227 g/mol. The van der Waals surface area contributed by atoms with Crippen molar-refractivity contribution in [1.29, 1.82) is 5.26 Å². The molecule has 0 aromatic carbocycles. The zero-order valence-corrected chi connectivity index (χ0v) is 11.6. The number of nitriles is 1. The minimum atomic E-state index is -2.06. The van der Waals surface area contributed by atoms with Gasteiger partial charge in [-0.1, -0.05) is 27.7 Å². The van der Waals surface area contributed by atoms with Crippen LogP contribution < -0.4 is 0 Å². The largest absolute Gasteiger partial charge is 0.432 e. The van der Waals surface area contributed by atoms with E-state index in [0.717, 1.165) is 24.6 Å². The molecule has 0 spiro atoms. The summed E-state index contributed by atoms with van der Waals surface area (Å²) in [5.74, 6) is 1.14. The maximum absolute atomic E-state index is 10.6. The van der Waals surface area contributed by atoms with Crippen molar-refractivity contribution in [2.24, 2.45) is 11.8 Å². The van der Waals surface area contributed by atoms with Gasteiger partial charge in [0.05, 0.1) is 6.07 Å². The highest BCUT2D eigenvalue weighted by Gasteiger charge is 2.31. The Morgan fingerprint density at radius 2 is 1.60 bits per heavy atom. The highest BCUT2D eigenvalue weighted by atomic mass is 28.4. The smallest absolute Gasteiger partial charge is 0.189 e. The minimum Gasteiger partial charge on any atom is -0.432 e. The molecule has 0 bridgehead atoms. The van der Waals surface area contributed by atoms with Crippen LogP contribution in [0.25, 0.3) is 0 Å². The molecule has 0 fully saturated rings. The molecular weight excluding hydrogens is 202 g/mol. The van der Waals surface area contributed by atoms with Crippen molar-refractivity contribution in [2.45, 2.75) is 58.7 Å². The van der Waals surface area contributed by atoms with Gasteiger partial charge in [-0.15, -0.1) is 0 Å². The first-order valence-corrected chi connectivity index (χ1v) is 8.56. The van der Waals surface area contributed by atoms with Gasteiger partial charge in [0.15, 0.2) is 8.32 Å². The number of hydrogen-bond acceptors (Lipinski definition) is 2. The van der Waals surface area contributed by atoms with Crippen LogP contribution in [0.2, 0.25) is 18.1 Å². The van der Waals surface area contributed by atoms with Crippen LogP contribution in [-0.4, -0.2) is 13.1 Å². The summed E-state index contributed by atoms with van der Waals surface area (Å²) < 4.78 is 0. The fourth-order valence-electron chi connectivity index (χ4n) is 2.30. The highest BCUT2D eigenvalue weighted by molar-refractivity contribution is 6.72. The molecule has 0 unspecified atom stereocenters. The molecule has 0 saturated carbocycles. The van der Waals surface area contributed by atoms with Crippen molar-refractivity contribution >= 4 is 8.32 Å². The molecule has 0 aromatic rings. The molecule has 0 atom stereocenters. The molecule has 0 rings (SSSR count). The Morgan fingerprint density at radius 1 is 1.13 bits per heavy atom.